The van der Waals surface area contributed by atoms with Gasteiger partial charge in [-0.1, -0.05) is 19.1 Å². The molecule has 1 heterocycles. The molecule has 20 heavy (non-hydrogen) atoms. The van der Waals surface area contributed by atoms with Crippen molar-refractivity contribution in [2.24, 2.45) is 0 Å². The second-order valence-corrected chi connectivity index (χ2v) is 5.22. The Balaban J connectivity index is 2.02. The minimum absolute atomic E-state index is 0.00375. The molecule has 0 aliphatic heterocycles. The molecule has 2 rings (SSSR count). The maximum absolute atomic E-state index is 12.5. The highest BCUT2D eigenvalue weighted by Gasteiger charge is 2.26. The normalized spacial score (nSPS) is 17.7. The molecule has 1 aromatic heterocycles. The first-order valence-electron chi connectivity index (χ1n) is 7.45. The van der Waals surface area contributed by atoms with Crippen molar-refractivity contribution in [3.8, 4) is 0 Å². The first kappa shape index (κ1) is 14.9. The van der Waals surface area contributed by atoms with E-state index in [1.54, 1.807) is 13.3 Å². The highest BCUT2D eigenvalue weighted by Crippen LogP contribution is 2.21. The summed E-state index contributed by atoms with van der Waals surface area (Å²) >= 11 is 0. The number of furan rings is 1. The monoisotopic (exact) mass is 276 g/mol. The highest BCUT2D eigenvalue weighted by molar-refractivity contribution is 5.83. The van der Waals surface area contributed by atoms with Crippen molar-refractivity contribution in [2.45, 2.75) is 51.1 Å². The van der Waals surface area contributed by atoms with Crippen molar-refractivity contribution in [1.82, 2.24) is 10.6 Å². The Hall–Kier alpha value is -1.55. The third kappa shape index (κ3) is 3.51. The Morgan fingerprint density at radius 2 is 2.10 bits per heavy atom. The number of rotatable bonds is 5. The largest absolute Gasteiger partial charge is 0.467 e. The lowest BCUT2D eigenvalue weighted by atomic mass is 10.1. The van der Waals surface area contributed by atoms with Crippen molar-refractivity contribution >= 4 is 5.91 Å². The summed E-state index contributed by atoms with van der Waals surface area (Å²) < 4.78 is 5.51. The van der Waals surface area contributed by atoms with E-state index >= 15 is 0 Å². The van der Waals surface area contributed by atoms with Gasteiger partial charge in [0, 0.05) is 6.04 Å². The molecule has 0 aromatic carbocycles. The first-order valence-corrected chi connectivity index (χ1v) is 7.45. The number of hydrogen-bond acceptors (Lipinski definition) is 3. The molecule has 1 aliphatic carbocycles. The summed E-state index contributed by atoms with van der Waals surface area (Å²) in [6, 6.07) is 1.78. The maximum Gasteiger partial charge on any atom is 0.245 e. The van der Waals surface area contributed by atoms with Gasteiger partial charge in [0.15, 0.2) is 0 Å². The molecule has 0 bridgehead atoms. The van der Waals surface area contributed by atoms with E-state index in [0.29, 0.717) is 0 Å². The Labute approximate surface area is 120 Å². The molecule has 0 saturated heterocycles. The molecule has 1 aliphatic rings. The van der Waals surface area contributed by atoms with Crippen molar-refractivity contribution in [3.63, 3.8) is 0 Å². The van der Waals surface area contributed by atoms with Crippen LogP contribution >= 0.6 is 0 Å². The van der Waals surface area contributed by atoms with Gasteiger partial charge in [0.25, 0.3) is 0 Å². The molecule has 1 atom stereocenters. The first-order chi connectivity index (χ1) is 9.76. The maximum atomic E-state index is 12.5. The van der Waals surface area contributed by atoms with Crippen LogP contribution in [-0.2, 0) is 11.2 Å². The number of nitrogens with one attached hydrogen (secondary N) is 2. The van der Waals surface area contributed by atoms with Gasteiger partial charge >= 0.3 is 0 Å². The summed E-state index contributed by atoms with van der Waals surface area (Å²) in [5, 5.41) is 6.21. The summed E-state index contributed by atoms with van der Waals surface area (Å²) in [5.41, 5.74) is 1.09. The number of amides is 1. The lowest BCUT2D eigenvalue weighted by molar-refractivity contribution is -0.124. The molecule has 110 valence electrons. The van der Waals surface area contributed by atoms with E-state index in [2.05, 4.69) is 29.7 Å². The average molecular weight is 276 g/mol. The van der Waals surface area contributed by atoms with Gasteiger partial charge in [-0.25, -0.2) is 0 Å². The Morgan fingerprint density at radius 1 is 1.40 bits per heavy atom. The predicted octanol–water partition coefficient (Wildman–Crippen LogP) is 2.72. The van der Waals surface area contributed by atoms with E-state index in [4.69, 9.17) is 4.42 Å². The number of carbonyl (C=O) groups is 1. The average Bonchev–Trinajstić information content (AvgIpc) is 2.76. The quantitative estimate of drug-likeness (QED) is 0.813. The zero-order valence-electron chi connectivity index (χ0n) is 12.3. The van der Waals surface area contributed by atoms with Crippen LogP contribution in [0.5, 0.6) is 0 Å². The zero-order valence-corrected chi connectivity index (χ0v) is 12.3. The zero-order chi connectivity index (χ0) is 14.4. The molecule has 0 spiro atoms. The fourth-order valence-electron chi connectivity index (χ4n) is 2.68. The fourth-order valence-corrected chi connectivity index (χ4v) is 2.68. The van der Waals surface area contributed by atoms with Crippen LogP contribution in [0.2, 0.25) is 0 Å². The smallest absolute Gasteiger partial charge is 0.245 e. The molecule has 1 unspecified atom stereocenters. The van der Waals surface area contributed by atoms with Crippen molar-refractivity contribution in [2.75, 3.05) is 7.05 Å². The van der Waals surface area contributed by atoms with Crippen LogP contribution in [0.1, 0.15) is 50.0 Å². The van der Waals surface area contributed by atoms with E-state index in [-0.39, 0.29) is 11.9 Å². The van der Waals surface area contributed by atoms with E-state index in [9.17, 15) is 4.79 Å². The van der Waals surface area contributed by atoms with Crippen LogP contribution in [0.25, 0.3) is 0 Å². The molecule has 0 radical (unpaired) electrons. The van der Waals surface area contributed by atoms with Gasteiger partial charge in [-0.2, -0.15) is 0 Å². The summed E-state index contributed by atoms with van der Waals surface area (Å²) in [6.07, 6.45) is 11.0. The third-order valence-electron chi connectivity index (χ3n) is 3.85. The van der Waals surface area contributed by atoms with Crippen LogP contribution in [0.15, 0.2) is 28.9 Å². The molecule has 1 aromatic rings. The van der Waals surface area contributed by atoms with E-state index in [0.717, 1.165) is 43.4 Å². The molecular formula is C16H24N2O2. The van der Waals surface area contributed by atoms with Gasteiger partial charge in [-0.3, -0.25) is 4.79 Å². The van der Waals surface area contributed by atoms with Crippen molar-refractivity contribution in [3.05, 3.63) is 35.8 Å². The highest BCUT2D eigenvalue weighted by atomic mass is 16.3. The molecule has 4 heteroatoms. The van der Waals surface area contributed by atoms with Crippen LogP contribution < -0.4 is 10.6 Å². The number of hydrogen-bond donors (Lipinski definition) is 2. The molecule has 2 N–H and O–H groups in total. The Kier molecular flexibility index (Phi) is 5.41. The molecule has 1 amide bonds. The van der Waals surface area contributed by atoms with E-state index in [1.807, 2.05) is 6.07 Å². The summed E-state index contributed by atoms with van der Waals surface area (Å²) in [5.74, 6) is 0.739. The summed E-state index contributed by atoms with van der Waals surface area (Å²) in [6.45, 7) is 2.07. The van der Waals surface area contributed by atoms with Crippen LogP contribution in [0.3, 0.4) is 0 Å². The topological polar surface area (TPSA) is 54.3 Å². The minimum atomic E-state index is -0.406. The lowest BCUT2D eigenvalue weighted by Gasteiger charge is -2.21. The van der Waals surface area contributed by atoms with Crippen LogP contribution in [0, 0.1) is 0 Å². The second-order valence-electron chi connectivity index (χ2n) is 5.22. The molecule has 4 nitrogen and oxygen atoms in total. The van der Waals surface area contributed by atoms with E-state index in [1.165, 1.54) is 0 Å². The van der Waals surface area contributed by atoms with Gasteiger partial charge in [-0.05, 0) is 50.8 Å². The van der Waals surface area contributed by atoms with Gasteiger partial charge in [-0.15, -0.1) is 0 Å². The minimum Gasteiger partial charge on any atom is -0.467 e. The second kappa shape index (κ2) is 7.29. The fraction of sp³-hybridized carbons (Fsp3) is 0.562. The number of carbonyl (C=O) groups excluding carboxylic acids is 1. The molecule has 0 saturated carbocycles. The van der Waals surface area contributed by atoms with Gasteiger partial charge < -0.3 is 15.1 Å². The van der Waals surface area contributed by atoms with Gasteiger partial charge in [0.05, 0.1) is 6.26 Å². The number of likely N-dealkylation sites (N-methyl/N-ethyl adjacent to an activating group) is 1. The number of aryl methyl sites for hydroxylation is 1. The van der Waals surface area contributed by atoms with E-state index < -0.39 is 6.04 Å². The standard InChI is InChI=1S/C16H24N2O2/c1-3-12-10-11-20-15(12)14(17-2)16(19)18-13-8-6-4-5-7-9-13/h4-5,10-11,13-14,17H,3,6-9H2,1-2H3,(H,18,19). The predicted molar refractivity (Wildman–Crippen MR) is 79.4 cm³/mol. The van der Waals surface area contributed by atoms with Crippen LogP contribution in [0.4, 0.5) is 0 Å². The molecule has 0 fully saturated rings. The Morgan fingerprint density at radius 3 is 2.70 bits per heavy atom. The SMILES string of the molecule is CCc1ccoc1C(NC)C(=O)NC1CCC=CCC1. The van der Waals surface area contributed by atoms with Crippen molar-refractivity contribution < 1.29 is 9.21 Å². The summed E-state index contributed by atoms with van der Waals surface area (Å²) in [4.78, 5) is 12.5. The summed E-state index contributed by atoms with van der Waals surface area (Å²) in [7, 11) is 1.79. The number of allylic oxidation sites excluding steroid dienone is 2. The van der Waals surface area contributed by atoms with Crippen LogP contribution in [-0.4, -0.2) is 19.0 Å². The lowest BCUT2D eigenvalue weighted by Crippen LogP contribution is -2.41. The van der Waals surface area contributed by atoms with Gasteiger partial charge in [0.2, 0.25) is 5.91 Å². The van der Waals surface area contributed by atoms with Crippen molar-refractivity contribution in [1.29, 1.82) is 0 Å². The molecular weight excluding hydrogens is 252 g/mol. The Bertz CT molecular complexity index is 455. The third-order valence-corrected chi connectivity index (χ3v) is 3.85. The van der Waals surface area contributed by atoms with Gasteiger partial charge in [0.1, 0.15) is 11.8 Å².